The van der Waals surface area contributed by atoms with E-state index in [0.717, 1.165) is 22.9 Å². The van der Waals surface area contributed by atoms with Gasteiger partial charge in [-0.1, -0.05) is 6.07 Å². The number of aromatic hydroxyl groups is 1. The lowest BCUT2D eigenvalue weighted by Gasteiger charge is -2.16. The van der Waals surface area contributed by atoms with Crippen LogP contribution in [-0.2, 0) is 19.1 Å². The second-order valence-corrected chi connectivity index (χ2v) is 6.80. The molecular formula is C21H13F5N4O2. The van der Waals surface area contributed by atoms with Crippen LogP contribution >= 0.6 is 0 Å². The molecule has 1 N–H and O–H groups in total. The molecule has 0 amide bonds. The average molecular weight is 448 g/mol. The fourth-order valence-electron chi connectivity index (χ4n) is 3.29. The number of rotatable bonds is 4. The van der Waals surface area contributed by atoms with Crippen molar-refractivity contribution in [2.45, 2.75) is 19.1 Å². The number of nitrogens with zero attached hydrogens (tertiary/aromatic N) is 4. The number of hydrogen-bond acceptors (Lipinski definition) is 5. The van der Waals surface area contributed by atoms with E-state index in [-0.39, 0.29) is 41.3 Å². The second-order valence-electron chi connectivity index (χ2n) is 6.80. The van der Waals surface area contributed by atoms with Crippen LogP contribution in [0.1, 0.15) is 11.3 Å². The predicted octanol–water partition coefficient (Wildman–Crippen LogP) is 4.10. The number of hydrogen-bond donors (Lipinski definition) is 1. The SMILES string of the molecule is O=c1c2c(C(F)(F)F)nccc2nc(-c2ncccc2O)n1CCc1ccc(F)cc1F. The van der Waals surface area contributed by atoms with E-state index < -0.39 is 34.5 Å². The van der Waals surface area contributed by atoms with Gasteiger partial charge in [-0.2, -0.15) is 13.2 Å². The van der Waals surface area contributed by atoms with Crippen LogP contribution in [0, 0.1) is 11.6 Å². The molecular weight excluding hydrogens is 435 g/mol. The Bertz CT molecular complexity index is 1390. The van der Waals surface area contributed by atoms with Crippen molar-refractivity contribution in [1.82, 2.24) is 19.5 Å². The Morgan fingerprint density at radius 2 is 1.81 bits per heavy atom. The van der Waals surface area contributed by atoms with Crippen molar-refractivity contribution < 1.29 is 27.1 Å². The fraction of sp³-hybridized carbons (Fsp3) is 0.143. The van der Waals surface area contributed by atoms with Crippen LogP contribution in [0.2, 0.25) is 0 Å². The minimum atomic E-state index is -4.92. The van der Waals surface area contributed by atoms with Crippen molar-refractivity contribution in [3.05, 3.63) is 82.0 Å². The van der Waals surface area contributed by atoms with Gasteiger partial charge in [0, 0.05) is 25.0 Å². The van der Waals surface area contributed by atoms with Crippen LogP contribution in [0.4, 0.5) is 22.0 Å². The minimum absolute atomic E-state index is 0.0387. The van der Waals surface area contributed by atoms with Gasteiger partial charge >= 0.3 is 6.18 Å². The normalized spacial score (nSPS) is 11.8. The van der Waals surface area contributed by atoms with Gasteiger partial charge < -0.3 is 5.11 Å². The summed E-state index contributed by atoms with van der Waals surface area (Å²) in [4.78, 5) is 24.6. The molecule has 0 aliphatic carbocycles. The molecule has 3 heterocycles. The monoisotopic (exact) mass is 448 g/mol. The standard InChI is InChI=1S/C21H13F5N4O2/c22-12-4-3-11(13(23)10-12)6-9-30-19(17-15(31)2-1-7-27-17)29-14-5-8-28-18(21(24,25)26)16(14)20(30)32/h1-5,7-8,10,31H,6,9H2. The zero-order valence-corrected chi connectivity index (χ0v) is 16.1. The van der Waals surface area contributed by atoms with Crippen molar-refractivity contribution >= 4 is 10.9 Å². The van der Waals surface area contributed by atoms with Gasteiger partial charge in [0.2, 0.25) is 0 Å². The van der Waals surface area contributed by atoms with Gasteiger partial charge in [-0.15, -0.1) is 0 Å². The Balaban J connectivity index is 1.95. The van der Waals surface area contributed by atoms with E-state index in [0.29, 0.717) is 6.07 Å². The number of alkyl halides is 3. The van der Waals surface area contributed by atoms with Crippen LogP contribution < -0.4 is 5.56 Å². The summed E-state index contributed by atoms with van der Waals surface area (Å²) < 4.78 is 68.6. The summed E-state index contributed by atoms with van der Waals surface area (Å²) in [6.07, 6.45) is -2.90. The molecule has 3 aromatic heterocycles. The van der Waals surface area contributed by atoms with Crippen molar-refractivity contribution in [3.63, 3.8) is 0 Å². The van der Waals surface area contributed by atoms with Crippen molar-refractivity contribution in [2.75, 3.05) is 0 Å². The lowest BCUT2D eigenvalue weighted by atomic mass is 10.1. The first kappa shape index (κ1) is 21.3. The maximum absolute atomic E-state index is 14.1. The van der Waals surface area contributed by atoms with Gasteiger partial charge in [0.15, 0.2) is 11.5 Å². The first-order valence-electron chi connectivity index (χ1n) is 9.22. The molecule has 4 aromatic rings. The molecule has 0 atom stereocenters. The smallest absolute Gasteiger partial charge is 0.434 e. The molecule has 0 spiro atoms. The first-order valence-corrected chi connectivity index (χ1v) is 9.22. The molecule has 6 nitrogen and oxygen atoms in total. The summed E-state index contributed by atoms with van der Waals surface area (Å²) in [5, 5.41) is 9.42. The Hall–Kier alpha value is -3.89. The van der Waals surface area contributed by atoms with Gasteiger partial charge in [0.1, 0.15) is 23.1 Å². The van der Waals surface area contributed by atoms with Gasteiger partial charge in [0.25, 0.3) is 5.56 Å². The molecule has 32 heavy (non-hydrogen) atoms. The fourth-order valence-corrected chi connectivity index (χ4v) is 3.29. The Kier molecular flexibility index (Phi) is 5.33. The summed E-state index contributed by atoms with van der Waals surface area (Å²) >= 11 is 0. The van der Waals surface area contributed by atoms with Gasteiger partial charge in [-0.25, -0.2) is 18.7 Å². The van der Waals surface area contributed by atoms with Crippen LogP contribution in [0.25, 0.3) is 22.4 Å². The molecule has 0 unspecified atom stereocenters. The highest BCUT2D eigenvalue weighted by atomic mass is 19.4. The number of benzene rings is 1. The lowest BCUT2D eigenvalue weighted by molar-refractivity contribution is -0.139. The van der Waals surface area contributed by atoms with Crippen LogP contribution in [0.5, 0.6) is 5.75 Å². The van der Waals surface area contributed by atoms with Crippen molar-refractivity contribution in [1.29, 1.82) is 0 Å². The maximum Gasteiger partial charge on any atom is 0.434 e. The maximum atomic E-state index is 14.1. The molecule has 0 saturated heterocycles. The summed E-state index contributed by atoms with van der Waals surface area (Å²) in [6.45, 7) is -0.318. The number of halogens is 5. The highest BCUT2D eigenvalue weighted by Crippen LogP contribution is 2.32. The zero-order chi connectivity index (χ0) is 23.0. The summed E-state index contributed by atoms with van der Waals surface area (Å²) in [5.74, 6) is -2.23. The van der Waals surface area contributed by atoms with E-state index in [1.807, 2.05) is 0 Å². The molecule has 0 saturated carbocycles. The quantitative estimate of drug-likeness (QED) is 0.476. The summed E-state index contributed by atoms with van der Waals surface area (Å²) in [7, 11) is 0. The zero-order valence-electron chi connectivity index (χ0n) is 16.1. The highest BCUT2D eigenvalue weighted by Gasteiger charge is 2.36. The Labute approximate surface area is 176 Å². The third-order valence-electron chi connectivity index (χ3n) is 4.76. The third kappa shape index (κ3) is 3.88. The largest absolute Gasteiger partial charge is 0.506 e. The molecule has 11 heteroatoms. The minimum Gasteiger partial charge on any atom is -0.506 e. The number of aromatic nitrogens is 4. The van der Waals surface area contributed by atoms with Crippen LogP contribution in [-0.4, -0.2) is 24.6 Å². The van der Waals surface area contributed by atoms with E-state index in [1.54, 1.807) is 0 Å². The van der Waals surface area contributed by atoms with Crippen molar-refractivity contribution in [2.24, 2.45) is 0 Å². The summed E-state index contributed by atoms with van der Waals surface area (Å²) in [6, 6.07) is 6.69. The first-order chi connectivity index (χ1) is 15.2. The molecule has 0 radical (unpaired) electrons. The molecule has 0 aliphatic rings. The second kappa shape index (κ2) is 7.98. The van der Waals surface area contributed by atoms with Gasteiger partial charge in [-0.05, 0) is 36.2 Å². The molecule has 0 aliphatic heterocycles. The number of aryl methyl sites for hydroxylation is 1. The van der Waals surface area contributed by atoms with Crippen LogP contribution in [0.15, 0.2) is 53.6 Å². The van der Waals surface area contributed by atoms with Crippen LogP contribution in [0.3, 0.4) is 0 Å². The van der Waals surface area contributed by atoms with Gasteiger partial charge in [0.05, 0.1) is 10.9 Å². The van der Waals surface area contributed by atoms with E-state index in [2.05, 4.69) is 15.0 Å². The van der Waals surface area contributed by atoms with E-state index in [1.165, 1.54) is 24.4 Å². The highest BCUT2D eigenvalue weighted by molar-refractivity contribution is 5.82. The Morgan fingerprint density at radius 3 is 2.50 bits per heavy atom. The van der Waals surface area contributed by atoms with E-state index in [4.69, 9.17) is 0 Å². The van der Waals surface area contributed by atoms with E-state index in [9.17, 15) is 31.9 Å². The predicted molar refractivity (Wildman–Crippen MR) is 104 cm³/mol. The molecule has 164 valence electrons. The third-order valence-corrected chi connectivity index (χ3v) is 4.76. The van der Waals surface area contributed by atoms with Crippen molar-refractivity contribution in [3.8, 4) is 17.3 Å². The molecule has 4 rings (SSSR count). The lowest BCUT2D eigenvalue weighted by Crippen LogP contribution is -2.27. The number of fused-ring (bicyclic) bond motifs is 1. The topological polar surface area (TPSA) is 80.9 Å². The molecule has 0 bridgehead atoms. The average Bonchev–Trinajstić information content (AvgIpc) is 2.73. The van der Waals surface area contributed by atoms with E-state index >= 15 is 0 Å². The summed E-state index contributed by atoms with van der Waals surface area (Å²) in [5.41, 5.74) is -2.89. The van der Waals surface area contributed by atoms with Gasteiger partial charge in [-0.3, -0.25) is 14.3 Å². The Morgan fingerprint density at radius 1 is 1.03 bits per heavy atom. The molecule has 0 fully saturated rings. The number of pyridine rings is 2. The molecule has 1 aromatic carbocycles.